The highest BCUT2D eigenvalue weighted by Gasteiger charge is 2.27. The van der Waals surface area contributed by atoms with E-state index in [1.807, 2.05) is 0 Å². The molecule has 0 saturated heterocycles. The summed E-state index contributed by atoms with van der Waals surface area (Å²) >= 11 is 0. The van der Waals surface area contributed by atoms with Crippen LogP contribution in [0.15, 0.2) is 0 Å². The number of rotatable bonds is 11. The Morgan fingerprint density at radius 1 is 1.00 bits per heavy atom. The summed E-state index contributed by atoms with van der Waals surface area (Å²) in [7, 11) is 11.3. The Hall–Kier alpha value is 2.58. The fourth-order valence-corrected chi connectivity index (χ4v) is 6.79. The lowest BCUT2D eigenvalue weighted by Gasteiger charge is -2.35. The third-order valence-electron chi connectivity index (χ3n) is 3.41. The molecule has 17 heavy (non-hydrogen) atoms. The van der Waals surface area contributed by atoms with E-state index in [4.69, 9.17) is 0 Å². The van der Waals surface area contributed by atoms with Crippen LogP contribution in [0.2, 0.25) is 0 Å². The molecule has 0 radical (unpaired) electrons. The second kappa shape index (κ2) is 12.3. The highest BCUT2D eigenvalue weighted by molar-refractivity contribution is 8.61. The van der Waals surface area contributed by atoms with Crippen molar-refractivity contribution in [1.82, 2.24) is 0 Å². The van der Waals surface area contributed by atoms with Crippen LogP contribution in [0.25, 0.3) is 0 Å². The molecule has 0 N–H and O–H groups in total. The van der Waals surface area contributed by atoms with Crippen molar-refractivity contribution in [3.63, 3.8) is 0 Å². The maximum absolute atomic E-state index is 3.09. The fraction of sp³-hybridized carbons (Fsp3) is 1.00. The molecule has 0 nitrogen and oxygen atoms in total. The molecule has 104 valence electrons. The molecule has 6 unspecified atom stereocenters. The minimum atomic E-state index is 0.225. The fourth-order valence-electron chi connectivity index (χ4n) is 2.57. The van der Waals surface area contributed by atoms with Crippen molar-refractivity contribution in [1.29, 1.82) is 0 Å². The van der Waals surface area contributed by atoms with Crippen LogP contribution < -0.4 is 0 Å². The zero-order chi connectivity index (χ0) is 13.1. The molecule has 0 rings (SSSR count). The van der Waals surface area contributed by atoms with Crippen molar-refractivity contribution in [2.24, 2.45) is 5.41 Å². The van der Waals surface area contributed by atoms with Gasteiger partial charge in [-0.15, -0.1) is 35.1 Å². The summed E-state index contributed by atoms with van der Waals surface area (Å²) in [6.07, 6.45) is 11.4. The van der Waals surface area contributed by atoms with E-state index < -0.39 is 0 Å². The predicted molar refractivity (Wildman–Crippen MR) is 104 cm³/mol. The molecule has 6 heteroatoms. The Bertz CT molecular complexity index is 169. The van der Waals surface area contributed by atoms with Crippen molar-refractivity contribution in [2.45, 2.75) is 52.4 Å². The Morgan fingerprint density at radius 2 is 1.59 bits per heavy atom. The molecule has 0 fully saturated rings. The van der Waals surface area contributed by atoms with Gasteiger partial charge >= 0.3 is 0 Å². The molecule has 0 aliphatic carbocycles. The Labute approximate surface area is 120 Å². The van der Waals surface area contributed by atoms with Crippen LogP contribution in [0.4, 0.5) is 0 Å². The summed E-state index contributed by atoms with van der Waals surface area (Å²) in [4.78, 5) is 0. The van der Waals surface area contributed by atoms with Gasteiger partial charge < -0.3 is 0 Å². The molecule has 0 aromatic carbocycles. The zero-order valence-electron chi connectivity index (χ0n) is 11.3. The van der Waals surface area contributed by atoms with Crippen LogP contribution in [0.1, 0.15) is 52.4 Å². The topological polar surface area (TPSA) is 0 Å². The molecule has 0 aromatic heterocycles. The van der Waals surface area contributed by atoms with Gasteiger partial charge in [0.15, 0.2) is 0 Å². The van der Waals surface area contributed by atoms with Crippen LogP contribution in [0, 0.1) is 5.41 Å². The molecule has 0 aromatic rings. The molecule has 6 atom stereocenters. The van der Waals surface area contributed by atoms with E-state index in [9.17, 15) is 0 Å². The van der Waals surface area contributed by atoms with Gasteiger partial charge in [-0.25, -0.2) is 0 Å². The van der Waals surface area contributed by atoms with Crippen LogP contribution >= 0.6 is 50.3 Å². The van der Waals surface area contributed by atoms with E-state index in [0.29, 0.717) is 5.41 Å². The van der Waals surface area contributed by atoms with Gasteiger partial charge in [0, 0.05) is 0 Å². The lowest BCUT2D eigenvalue weighted by Crippen LogP contribution is -2.22. The summed E-state index contributed by atoms with van der Waals surface area (Å²) in [6.45, 7) is 4.71. The normalized spacial score (nSPS) is 15.4. The summed E-state index contributed by atoms with van der Waals surface area (Å²) in [5.74, 6) is 0. The third kappa shape index (κ3) is 9.19. The SMILES string of the molecule is CCCC(CCC)(CCPP)CCP(P)PP. The van der Waals surface area contributed by atoms with Crippen molar-refractivity contribution in [3.8, 4) is 0 Å². The molecule has 0 saturated carbocycles. The average Bonchev–Trinajstić information content (AvgIpc) is 2.34. The van der Waals surface area contributed by atoms with Gasteiger partial charge in [0.1, 0.15) is 0 Å². The first-order chi connectivity index (χ1) is 8.14. The number of hydrogen-bond donors (Lipinski definition) is 0. The molecule has 0 heterocycles. The second-order valence-corrected chi connectivity index (χ2v) is 16.8. The summed E-state index contributed by atoms with van der Waals surface area (Å²) in [6, 6.07) is 0. The van der Waals surface area contributed by atoms with Crippen molar-refractivity contribution in [2.75, 3.05) is 12.3 Å². The highest BCUT2D eigenvalue weighted by atomic mass is 32.6. The van der Waals surface area contributed by atoms with Crippen LogP contribution in [0.3, 0.4) is 0 Å². The van der Waals surface area contributed by atoms with E-state index in [0.717, 1.165) is 16.2 Å². The quantitative estimate of drug-likeness (QED) is 0.375. The maximum atomic E-state index is 3.09. The van der Waals surface area contributed by atoms with E-state index >= 15 is 0 Å². The van der Waals surface area contributed by atoms with Crippen molar-refractivity contribution < 1.29 is 0 Å². The molecule has 0 aliphatic heterocycles. The summed E-state index contributed by atoms with van der Waals surface area (Å²) in [5, 5.41) is 0. The summed E-state index contributed by atoms with van der Waals surface area (Å²) in [5.41, 5.74) is 0.675. The van der Waals surface area contributed by atoms with Gasteiger partial charge in [-0.2, -0.15) is 0 Å². The van der Waals surface area contributed by atoms with Crippen LogP contribution in [-0.4, -0.2) is 12.3 Å². The van der Waals surface area contributed by atoms with Gasteiger partial charge in [0.05, 0.1) is 0 Å². The summed E-state index contributed by atoms with van der Waals surface area (Å²) < 4.78 is 0. The van der Waals surface area contributed by atoms with Gasteiger partial charge in [-0.3, -0.25) is 0 Å². The highest BCUT2D eigenvalue weighted by Crippen LogP contribution is 2.67. The van der Waals surface area contributed by atoms with E-state index in [2.05, 4.69) is 40.6 Å². The maximum Gasteiger partial charge on any atom is -0.0247 e. The Balaban J connectivity index is 4.40. The Kier molecular flexibility index (Phi) is 14.2. The lowest BCUT2D eigenvalue weighted by atomic mass is 9.75. The molecular formula is C11H30P6. The van der Waals surface area contributed by atoms with Gasteiger partial charge in [-0.05, 0) is 43.4 Å². The van der Waals surface area contributed by atoms with Crippen molar-refractivity contribution >= 4 is 50.3 Å². The van der Waals surface area contributed by atoms with E-state index in [1.54, 1.807) is 0 Å². The third-order valence-corrected chi connectivity index (χ3v) is 15.3. The first-order valence-corrected chi connectivity index (χ1v) is 16.4. The predicted octanol–water partition coefficient (Wildman–Crippen LogP) is 6.48. The first kappa shape index (κ1) is 19.6. The van der Waals surface area contributed by atoms with Gasteiger partial charge in [-0.1, -0.05) is 41.9 Å². The first-order valence-electron chi connectivity index (χ1n) is 6.56. The van der Waals surface area contributed by atoms with Gasteiger partial charge in [0.25, 0.3) is 0 Å². The van der Waals surface area contributed by atoms with E-state index in [-0.39, 0.29) is 7.30 Å². The second-order valence-electron chi connectivity index (χ2n) is 4.78. The Morgan fingerprint density at radius 3 is 2.00 bits per heavy atom. The molecule has 0 spiro atoms. The van der Waals surface area contributed by atoms with E-state index in [1.165, 1.54) is 50.8 Å². The average molecular weight is 348 g/mol. The minimum absolute atomic E-state index is 0.225. The number of hydrogen-bond acceptors (Lipinski definition) is 0. The molecule has 0 bridgehead atoms. The smallest absolute Gasteiger partial charge is 0.0247 e. The van der Waals surface area contributed by atoms with Crippen molar-refractivity contribution in [3.05, 3.63) is 0 Å². The largest absolute Gasteiger partial charge is 0.114 e. The standard InChI is InChI=1S/C11H30P6/c1-3-5-11(6-4-2,7-9-15-12)8-10-17(14)16-13/h15-16H,3-10,12-14H2,1-2H3. The monoisotopic (exact) mass is 348 g/mol. The van der Waals surface area contributed by atoms with Crippen LogP contribution in [0.5, 0.6) is 0 Å². The molecular weight excluding hydrogens is 318 g/mol. The molecule has 0 amide bonds. The van der Waals surface area contributed by atoms with Gasteiger partial charge in [0.2, 0.25) is 0 Å². The lowest BCUT2D eigenvalue weighted by molar-refractivity contribution is 0.218. The molecule has 0 aliphatic rings. The zero-order valence-corrected chi connectivity index (χ0v) is 17.7. The minimum Gasteiger partial charge on any atom is -0.114 e. The van der Waals surface area contributed by atoms with Crippen LogP contribution in [-0.2, 0) is 0 Å².